The fraction of sp³-hybridized carbons (Fsp3) is 0.483. The van der Waals surface area contributed by atoms with E-state index in [1.807, 2.05) is 6.07 Å². The van der Waals surface area contributed by atoms with E-state index in [1.165, 1.54) is 64.9 Å². The largest absolute Gasteiger partial charge is 0.493 e. The normalized spacial score (nSPS) is 11.0. The molecular formula is C29H39BrN2O4. The van der Waals surface area contributed by atoms with Crippen LogP contribution in [0.15, 0.2) is 52.0 Å². The number of unbranched alkanes of at least 4 members (excludes halogenated alkanes) is 10. The molecule has 0 bridgehead atoms. The lowest BCUT2D eigenvalue weighted by Crippen LogP contribution is -2.16. The third-order valence-electron chi connectivity index (χ3n) is 5.86. The molecule has 196 valence electrons. The Kier molecular flexibility index (Phi) is 14.5. The lowest BCUT2D eigenvalue weighted by atomic mass is 10.1. The third kappa shape index (κ3) is 11.8. The standard InChI is InChI=1S/C29H39BrN2O4/c1-3-4-5-6-7-8-9-10-11-12-13-17-28(33)32-31-22-23-18-19-26(27(20-23)35-2)36-29(34)24-15-14-16-25(30)21-24/h14-16,18-22H,3-13,17H2,1-2H3,(H,32,33)/b31-22-. The van der Waals surface area contributed by atoms with E-state index in [0.29, 0.717) is 29.0 Å². The summed E-state index contributed by atoms with van der Waals surface area (Å²) >= 11 is 3.35. The second kappa shape index (κ2) is 17.7. The van der Waals surface area contributed by atoms with Crippen LogP contribution in [0.1, 0.15) is 99.9 Å². The number of hydrogen-bond donors (Lipinski definition) is 1. The van der Waals surface area contributed by atoms with E-state index in [4.69, 9.17) is 9.47 Å². The van der Waals surface area contributed by atoms with Gasteiger partial charge < -0.3 is 9.47 Å². The maximum Gasteiger partial charge on any atom is 0.343 e. The minimum Gasteiger partial charge on any atom is -0.493 e. The van der Waals surface area contributed by atoms with Crippen molar-refractivity contribution in [1.29, 1.82) is 0 Å². The smallest absolute Gasteiger partial charge is 0.343 e. The summed E-state index contributed by atoms with van der Waals surface area (Å²) in [5, 5.41) is 4.04. The summed E-state index contributed by atoms with van der Waals surface area (Å²) in [6.45, 7) is 2.25. The summed E-state index contributed by atoms with van der Waals surface area (Å²) in [5.41, 5.74) is 3.72. The van der Waals surface area contributed by atoms with Gasteiger partial charge in [0.05, 0.1) is 18.9 Å². The Morgan fingerprint density at radius 2 is 1.56 bits per heavy atom. The van der Waals surface area contributed by atoms with Crippen LogP contribution in [-0.4, -0.2) is 25.2 Å². The average Bonchev–Trinajstić information content (AvgIpc) is 2.88. The minimum atomic E-state index is -0.481. The van der Waals surface area contributed by atoms with Gasteiger partial charge in [-0.1, -0.05) is 93.1 Å². The van der Waals surface area contributed by atoms with E-state index in [-0.39, 0.29) is 5.91 Å². The van der Waals surface area contributed by atoms with Gasteiger partial charge in [0.25, 0.3) is 0 Å². The molecule has 6 nitrogen and oxygen atoms in total. The van der Waals surface area contributed by atoms with E-state index in [0.717, 1.165) is 17.3 Å². The summed E-state index contributed by atoms with van der Waals surface area (Å²) in [5.74, 6) is 0.133. The van der Waals surface area contributed by atoms with Gasteiger partial charge in [0, 0.05) is 10.9 Å². The molecule has 7 heteroatoms. The molecule has 0 aliphatic heterocycles. The molecule has 1 N–H and O–H groups in total. The SMILES string of the molecule is CCCCCCCCCCCCCC(=O)N/N=C\c1ccc(OC(=O)c2cccc(Br)c2)c(OC)c1. The van der Waals surface area contributed by atoms with E-state index in [2.05, 4.69) is 33.4 Å². The van der Waals surface area contributed by atoms with E-state index >= 15 is 0 Å². The van der Waals surface area contributed by atoms with Crippen LogP contribution in [-0.2, 0) is 4.79 Å². The number of halogens is 1. The highest BCUT2D eigenvalue weighted by Gasteiger charge is 2.13. The Balaban J connectivity index is 1.67. The number of amides is 1. The molecule has 1 amide bonds. The third-order valence-corrected chi connectivity index (χ3v) is 6.35. The minimum absolute atomic E-state index is 0.0892. The van der Waals surface area contributed by atoms with Gasteiger partial charge in [-0.05, 0) is 48.4 Å². The second-order valence-electron chi connectivity index (χ2n) is 8.89. The van der Waals surface area contributed by atoms with Crippen LogP contribution >= 0.6 is 15.9 Å². The monoisotopic (exact) mass is 558 g/mol. The molecule has 0 spiro atoms. The molecule has 0 saturated heterocycles. The molecule has 0 aliphatic rings. The Hall–Kier alpha value is -2.67. The van der Waals surface area contributed by atoms with Gasteiger partial charge in [0.2, 0.25) is 5.91 Å². The molecule has 0 aliphatic carbocycles. The van der Waals surface area contributed by atoms with Gasteiger partial charge in [-0.3, -0.25) is 4.79 Å². The molecule has 0 radical (unpaired) electrons. The molecule has 0 saturated carbocycles. The van der Waals surface area contributed by atoms with E-state index in [9.17, 15) is 9.59 Å². The fourth-order valence-electron chi connectivity index (χ4n) is 3.81. The van der Waals surface area contributed by atoms with Crippen molar-refractivity contribution in [2.24, 2.45) is 5.10 Å². The molecule has 36 heavy (non-hydrogen) atoms. The van der Waals surface area contributed by atoms with Crippen molar-refractivity contribution < 1.29 is 19.1 Å². The zero-order valence-electron chi connectivity index (χ0n) is 21.6. The molecule has 0 aromatic heterocycles. The van der Waals surface area contributed by atoms with Gasteiger partial charge in [0.15, 0.2) is 11.5 Å². The number of nitrogens with zero attached hydrogens (tertiary/aromatic N) is 1. The second-order valence-corrected chi connectivity index (χ2v) is 9.80. The van der Waals surface area contributed by atoms with Gasteiger partial charge in [0.1, 0.15) is 0 Å². The Labute approximate surface area is 224 Å². The maximum atomic E-state index is 12.4. The molecule has 2 aromatic carbocycles. The van der Waals surface area contributed by atoms with Crippen molar-refractivity contribution in [2.75, 3.05) is 7.11 Å². The van der Waals surface area contributed by atoms with E-state index < -0.39 is 5.97 Å². The number of esters is 1. The highest BCUT2D eigenvalue weighted by molar-refractivity contribution is 9.10. The van der Waals surface area contributed by atoms with Crippen molar-refractivity contribution in [3.63, 3.8) is 0 Å². The first-order valence-corrected chi connectivity index (χ1v) is 13.8. The number of carbonyl (C=O) groups is 2. The molecular weight excluding hydrogens is 520 g/mol. The number of carbonyl (C=O) groups excluding carboxylic acids is 2. The van der Waals surface area contributed by atoms with Crippen molar-refractivity contribution in [2.45, 2.75) is 84.0 Å². The number of rotatable bonds is 17. The maximum absolute atomic E-state index is 12.4. The molecule has 0 atom stereocenters. The predicted octanol–water partition coefficient (Wildman–Crippen LogP) is 7.83. The highest BCUT2D eigenvalue weighted by Crippen LogP contribution is 2.28. The van der Waals surface area contributed by atoms with Crippen LogP contribution in [0, 0.1) is 0 Å². The lowest BCUT2D eigenvalue weighted by molar-refractivity contribution is -0.121. The van der Waals surface area contributed by atoms with Crippen LogP contribution in [0.5, 0.6) is 11.5 Å². The number of nitrogens with one attached hydrogen (secondary N) is 1. The molecule has 0 fully saturated rings. The molecule has 0 heterocycles. The topological polar surface area (TPSA) is 77.0 Å². The van der Waals surface area contributed by atoms with Crippen LogP contribution in [0.25, 0.3) is 0 Å². The van der Waals surface area contributed by atoms with E-state index in [1.54, 1.807) is 42.6 Å². The van der Waals surface area contributed by atoms with Gasteiger partial charge in [-0.15, -0.1) is 0 Å². The summed E-state index contributed by atoms with van der Waals surface area (Å²) in [7, 11) is 1.50. The number of benzene rings is 2. The van der Waals surface area contributed by atoms with Crippen LogP contribution in [0.4, 0.5) is 0 Å². The summed E-state index contributed by atoms with van der Waals surface area (Å²) in [4.78, 5) is 24.5. The van der Waals surface area contributed by atoms with Crippen molar-refractivity contribution in [1.82, 2.24) is 5.43 Å². The number of ether oxygens (including phenoxy) is 2. The predicted molar refractivity (Wildman–Crippen MR) is 149 cm³/mol. The summed E-state index contributed by atoms with van der Waals surface area (Å²) in [6, 6.07) is 12.1. The number of hydrazone groups is 1. The summed E-state index contributed by atoms with van der Waals surface area (Å²) in [6.07, 6.45) is 15.8. The Bertz CT molecular complexity index is 977. The van der Waals surface area contributed by atoms with Crippen molar-refractivity contribution in [3.8, 4) is 11.5 Å². The number of hydrogen-bond acceptors (Lipinski definition) is 5. The Morgan fingerprint density at radius 3 is 2.19 bits per heavy atom. The van der Waals surface area contributed by atoms with Gasteiger partial charge in [-0.25, -0.2) is 10.2 Å². The highest BCUT2D eigenvalue weighted by atomic mass is 79.9. The zero-order valence-corrected chi connectivity index (χ0v) is 23.1. The molecule has 2 rings (SSSR count). The van der Waals surface area contributed by atoms with Crippen molar-refractivity contribution >= 4 is 34.0 Å². The summed E-state index contributed by atoms with van der Waals surface area (Å²) < 4.78 is 11.6. The fourth-order valence-corrected chi connectivity index (χ4v) is 4.21. The lowest BCUT2D eigenvalue weighted by Gasteiger charge is -2.10. The van der Waals surface area contributed by atoms with Gasteiger partial charge >= 0.3 is 5.97 Å². The molecule has 0 unspecified atom stereocenters. The van der Waals surface area contributed by atoms with Crippen LogP contribution in [0.2, 0.25) is 0 Å². The molecule has 2 aromatic rings. The number of methoxy groups -OCH3 is 1. The first-order valence-electron chi connectivity index (χ1n) is 13.0. The van der Waals surface area contributed by atoms with Crippen LogP contribution < -0.4 is 14.9 Å². The van der Waals surface area contributed by atoms with Crippen molar-refractivity contribution in [3.05, 3.63) is 58.1 Å². The quantitative estimate of drug-likeness (QED) is 0.0705. The first-order chi connectivity index (χ1) is 17.5. The zero-order chi connectivity index (χ0) is 26.0. The Morgan fingerprint density at radius 1 is 0.889 bits per heavy atom. The van der Waals surface area contributed by atoms with Gasteiger partial charge in [-0.2, -0.15) is 5.10 Å². The van der Waals surface area contributed by atoms with Crippen LogP contribution in [0.3, 0.4) is 0 Å². The first kappa shape index (κ1) is 29.6. The average molecular weight is 560 g/mol.